The first-order valence-electron chi connectivity index (χ1n) is 4.60. The summed E-state index contributed by atoms with van der Waals surface area (Å²) in [5, 5.41) is 0.218. The first-order chi connectivity index (χ1) is 7.70. The predicted molar refractivity (Wildman–Crippen MR) is 59.1 cm³/mol. The summed E-state index contributed by atoms with van der Waals surface area (Å²) >= 11 is 5.82. The van der Waals surface area contributed by atoms with Crippen molar-refractivity contribution in [1.82, 2.24) is 4.98 Å². The molecule has 4 heteroatoms. The van der Waals surface area contributed by atoms with Crippen LogP contribution in [0.15, 0.2) is 42.6 Å². The summed E-state index contributed by atoms with van der Waals surface area (Å²) in [5.74, 6) is -1.09. The third-order valence-corrected chi connectivity index (χ3v) is 2.40. The van der Waals surface area contributed by atoms with Crippen LogP contribution in [0.5, 0.6) is 0 Å². The molecule has 0 fully saturated rings. The lowest BCUT2D eigenvalue weighted by molar-refractivity contribution is 0.103. The van der Waals surface area contributed by atoms with Crippen molar-refractivity contribution in [3.63, 3.8) is 0 Å². The molecule has 1 aromatic heterocycles. The van der Waals surface area contributed by atoms with E-state index >= 15 is 0 Å². The summed E-state index contributed by atoms with van der Waals surface area (Å²) < 4.78 is 13.4. The number of nitrogens with zero attached hydrogens (tertiary/aromatic N) is 1. The van der Waals surface area contributed by atoms with Gasteiger partial charge < -0.3 is 0 Å². The quantitative estimate of drug-likeness (QED) is 0.749. The Bertz CT molecular complexity index is 495. The second-order valence-corrected chi connectivity index (χ2v) is 3.55. The minimum absolute atomic E-state index is 0.0249. The van der Waals surface area contributed by atoms with Crippen LogP contribution >= 0.6 is 11.6 Å². The number of halogens is 2. The van der Waals surface area contributed by atoms with Crippen molar-refractivity contribution in [2.24, 2.45) is 0 Å². The Morgan fingerprint density at radius 2 is 1.94 bits per heavy atom. The van der Waals surface area contributed by atoms with Crippen molar-refractivity contribution in [1.29, 1.82) is 0 Å². The molecule has 2 rings (SSSR count). The minimum atomic E-state index is -0.575. The van der Waals surface area contributed by atoms with Gasteiger partial charge in [-0.1, -0.05) is 23.7 Å². The lowest BCUT2D eigenvalue weighted by Gasteiger charge is -2.02. The standard InChI is InChI=1S/C12H7ClFNO/c13-9-5-3-7-15-11(9)12(16)8-4-1-2-6-10(8)14/h1-7H. The van der Waals surface area contributed by atoms with E-state index in [0.717, 1.165) is 0 Å². The third-order valence-electron chi connectivity index (χ3n) is 2.09. The highest BCUT2D eigenvalue weighted by Crippen LogP contribution is 2.18. The Labute approximate surface area is 96.7 Å². The summed E-state index contributed by atoms with van der Waals surface area (Å²) in [6.07, 6.45) is 1.44. The number of hydrogen-bond donors (Lipinski definition) is 0. The Morgan fingerprint density at radius 1 is 1.19 bits per heavy atom. The number of carbonyl (C=O) groups is 1. The smallest absolute Gasteiger partial charge is 0.215 e. The monoisotopic (exact) mass is 235 g/mol. The van der Waals surface area contributed by atoms with Gasteiger partial charge in [0.05, 0.1) is 10.6 Å². The van der Waals surface area contributed by atoms with Crippen LogP contribution in [-0.2, 0) is 0 Å². The highest BCUT2D eigenvalue weighted by atomic mass is 35.5. The molecule has 0 aliphatic carbocycles. The second-order valence-electron chi connectivity index (χ2n) is 3.14. The zero-order valence-corrected chi connectivity index (χ0v) is 8.91. The van der Waals surface area contributed by atoms with Crippen molar-refractivity contribution in [2.45, 2.75) is 0 Å². The Morgan fingerprint density at radius 3 is 2.62 bits per heavy atom. The number of carbonyl (C=O) groups excluding carboxylic acids is 1. The fourth-order valence-corrected chi connectivity index (χ4v) is 1.53. The second kappa shape index (κ2) is 4.41. The number of rotatable bonds is 2. The van der Waals surface area contributed by atoms with E-state index in [1.54, 1.807) is 18.2 Å². The summed E-state index contributed by atoms with van der Waals surface area (Å²) in [5.41, 5.74) is 0.0392. The van der Waals surface area contributed by atoms with E-state index in [1.165, 1.54) is 24.4 Å². The topological polar surface area (TPSA) is 30.0 Å². The van der Waals surface area contributed by atoms with E-state index in [1.807, 2.05) is 0 Å². The van der Waals surface area contributed by atoms with E-state index in [9.17, 15) is 9.18 Å². The third kappa shape index (κ3) is 1.95. The molecular weight excluding hydrogens is 229 g/mol. The van der Waals surface area contributed by atoms with Gasteiger partial charge in [0.25, 0.3) is 0 Å². The molecule has 0 unspecified atom stereocenters. The summed E-state index contributed by atoms with van der Waals surface area (Å²) in [6, 6.07) is 8.90. The highest BCUT2D eigenvalue weighted by molar-refractivity contribution is 6.34. The van der Waals surface area contributed by atoms with E-state index < -0.39 is 11.6 Å². The Balaban J connectivity index is 2.48. The highest BCUT2D eigenvalue weighted by Gasteiger charge is 2.16. The van der Waals surface area contributed by atoms with Crippen molar-refractivity contribution in [3.05, 3.63) is 64.7 Å². The van der Waals surface area contributed by atoms with Crippen LogP contribution in [0.1, 0.15) is 16.1 Å². The normalized spacial score (nSPS) is 10.1. The van der Waals surface area contributed by atoms with Gasteiger partial charge in [-0.05, 0) is 24.3 Å². The molecule has 2 nitrogen and oxygen atoms in total. The van der Waals surface area contributed by atoms with Crippen LogP contribution in [0, 0.1) is 5.82 Å². The molecule has 1 heterocycles. The molecule has 0 saturated heterocycles. The molecule has 0 atom stereocenters. The van der Waals surface area contributed by atoms with E-state index in [-0.39, 0.29) is 16.3 Å². The van der Waals surface area contributed by atoms with Crippen molar-refractivity contribution in [3.8, 4) is 0 Å². The molecule has 0 spiro atoms. The SMILES string of the molecule is O=C(c1ccccc1F)c1ncccc1Cl. The maximum atomic E-state index is 13.4. The molecule has 0 saturated carbocycles. The van der Waals surface area contributed by atoms with Gasteiger partial charge in [-0.2, -0.15) is 0 Å². The van der Waals surface area contributed by atoms with Crippen molar-refractivity contribution < 1.29 is 9.18 Å². The van der Waals surface area contributed by atoms with Gasteiger partial charge in [-0.15, -0.1) is 0 Å². The lowest BCUT2D eigenvalue weighted by Crippen LogP contribution is -2.06. The number of aromatic nitrogens is 1. The number of pyridine rings is 1. The van der Waals surface area contributed by atoms with Gasteiger partial charge in [-0.3, -0.25) is 9.78 Å². The molecule has 2 aromatic rings. The summed E-state index contributed by atoms with van der Waals surface area (Å²) in [7, 11) is 0. The fraction of sp³-hybridized carbons (Fsp3) is 0. The molecule has 0 aliphatic rings. The number of hydrogen-bond acceptors (Lipinski definition) is 2. The zero-order valence-electron chi connectivity index (χ0n) is 8.15. The Kier molecular flexibility index (Phi) is 2.97. The minimum Gasteiger partial charge on any atom is -0.287 e. The van der Waals surface area contributed by atoms with Crippen molar-refractivity contribution in [2.75, 3.05) is 0 Å². The summed E-state index contributed by atoms with van der Waals surface area (Å²) in [6.45, 7) is 0. The van der Waals surface area contributed by atoms with Gasteiger partial charge in [0.2, 0.25) is 5.78 Å². The number of benzene rings is 1. The first kappa shape index (κ1) is 10.8. The molecular formula is C12H7ClFNO. The van der Waals surface area contributed by atoms with Crippen LogP contribution in [0.2, 0.25) is 5.02 Å². The average molecular weight is 236 g/mol. The molecule has 0 radical (unpaired) electrons. The van der Waals surface area contributed by atoms with Gasteiger partial charge in [-0.25, -0.2) is 4.39 Å². The van der Waals surface area contributed by atoms with Crippen LogP contribution in [0.3, 0.4) is 0 Å². The van der Waals surface area contributed by atoms with Crippen LogP contribution in [0.25, 0.3) is 0 Å². The van der Waals surface area contributed by atoms with Crippen LogP contribution in [0.4, 0.5) is 4.39 Å². The molecule has 16 heavy (non-hydrogen) atoms. The fourth-order valence-electron chi connectivity index (χ4n) is 1.33. The maximum absolute atomic E-state index is 13.4. The van der Waals surface area contributed by atoms with Gasteiger partial charge in [0, 0.05) is 6.20 Å². The van der Waals surface area contributed by atoms with Crippen molar-refractivity contribution >= 4 is 17.4 Å². The largest absolute Gasteiger partial charge is 0.287 e. The molecule has 1 aromatic carbocycles. The van der Waals surface area contributed by atoms with E-state index in [4.69, 9.17) is 11.6 Å². The first-order valence-corrected chi connectivity index (χ1v) is 4.97. The molecule has 0 bridgehead atoms. The lowest BCUT2D eigenvalue weighted by atomic mass is 10.1. The van der Waals surface area contributed by atoms with Crippen LogP contribution < -0.4 is 0 Å². The van der Waals surface area contributed by atoms with E-state index in [2.05, 4.69) is 4.98 Å². The molecule has 0 amide bonds. The van der Waals surface area contributed by atoms with E-state index in [0.29, 0.717) is 0 Å². The van der Waals surface area contributed by atoms with Gasteiger partial charge in [0.1, 0.15) is 11.5 Å². The maximum Gasteiger partial charge on any atom is 0.215 e. The van der Waals surface area contributed by atoms with Crippen LogP contribution in [-0.4, -0.2) is 10.8 Å². The number of ketones is 1. The summed E-state index contributed by atoms with van der Waals surface area (Å²) in [4.78, 5) is 15.7. The average Bonchev–Trinajstić information content (AvgIpc) is 2.29. The zero-order chi connectivity index (χ0) is 11.5. The molecule has 0 aliphatic heterocycles. The predicted octanol–water partition coefficient (Wildman–Crippen LogP) is 3.11. The Hall–Kier alpha value is -1.74. The molecule has 0 N–H and O–H groups in total. The molecule has 80 valence electrons. The van der Waals surface area contributed by atoms with Gasteiger partial charge >= 0.3 is 0 Å². The van der Waals surface area contributed by atoms with Gasteiger partial charge in [0.15, 0.2) is 0 Å².